The fraction of sp³-hybridized carbons (Fsp3) is 0.231. The highest BCUT2D eigenvalue weighted by Gasteiger charge is 2.16. The second-order valence-electron chi connectivity index (χ2n) is 3.77. The Morgan fingerprint density at radius 3 is 2.21 bits per heavy atom. The number of ether oxygens (including phenoxy) is 2. The molecule has 1 heterocycles. The Balaban J connectivity index is 0.00000180. The maximum Gasteiger partial charge on any atom is 0.200 e. The summed E-state index contributed by atoms with van der Waals surface area (Å²) in [5, 5.41) is 11.8. The van der Waals surface area contributed by atoms with Gasteiger partial charge in [-0.2, -0.15) is 0 Å². The zero-order valence-corrected chi connectivity index (χ0v) is 12.3. The van der Waals surface area contributed by atoms with Crippen molar-refractivity contribution in [1.82, 2.24) is 0 Å². The predicted octanol–water partition coefficient (Wildman–Crippen LogP) is 2.94. The molecule has 2 aromatic rings. The zero-order valence-electron chi connectivity index (χ0n) is 10.6. The van der Waals surface area contributed by atoms with E-state index in [1.165, 1.54) is 14.2 Å². The van der Waals surface area contributed by atoms with E-state index >= 15 is 0 Å². The molecule has 104 valence electrons. The lowest BCUT2D eigenvalue weighted by Crippen LogP contribution is -2.10. The summed E-state index contributed by atoms with van der Waals surface area (Å²) in [5.41, 5.74) is 7.01. The second-order valence-corrected chi connectivity index (χ2v) is 4.75. The van der Waals surface area contributed by atoms with E-state index < -0.39 is 0 Å². The summed E-state index contributed by atoms with van der Waals surface area (Å²) in [6.07, 6.45) is 0. The molecular weight excluding hydrogens is 286 g/mol. The van der Waals surface area contributed by atoms with Gasteiger partial charge in [0.2, 0.25) is 5.75 Å². The number of aromatic hydroxyl groups is 1. The van der Waals surface area contributed by atoms with Crippen molar-refractivity contribution in [2.24, 2.45) is 5.73 Å². The molecule has 0 aliphatic carbocycles. The van der Waals surface area contributed by atoms with Gasteiger partial charge in [0.15, 0.2) is 11.5 Å². The number of thiophene rings is 1. The number of hydrogen-bond acceptors (Lipinski definition) is 5. The lowest BCUT2D eigenvalue weighted by Gasteiger charge is -2.15. The van der Waals surface area contributed by atoms with Crippen molar-refractivity contribution < 1.29 is 14.6 Å². The highest BCUT2D eigenvalue weighted by molar-refractivity contribution is 7.10. The van der Waals surface area contributed by atoms with Gasteiger partial charge in [-0.1, -0.05) is 6.07 Å². The Labute approximate surface area is 122 Å². The number of halogens is 1. The highest BCUT2D eigenvalue weighted by Crippen LogP contribution is 2.39. The SMILES string of the molecule is COc1cc([C@H](N)c2cccs2)cc(OC)c1O.Cl. The van der Waals surface area contributed by atoms with E-state index in [0.717, 1.165) is 10.4 Å². The van der Waals surface area contributed by atoms with E-state index in [2.05, 4.69) is 0 Å². The number of benzene rings is 1. The second kappa shape index (κ2) is 6.65. The number of methoxy groups -OCH3 is 2. The van der Waals surface area contributed by atoms with Crippen LogP contribution in [0.5, 0.6) is 17.2 Å². The predicted molar refractivity (Wildman–Crippen MR) is 78.8 cm³/mol. The molecule has 0 amide bonds. The van der Waals surface area contributed by atoms with Crippen LogP contribution < -0.4 is 15.2 Å². The van der Waals surface area contributed by atoms with Crippen LogP contribution in [0.15, 0.2) is 29.6 Å². The summed E-state index contributed by atoms with van der Waals surface area (Å²) in [6.45, 7) is 0. The number of hydrogen-bond donors (Lipinski definition) is 2. The molecule has 0 saturated carbocycles. The Morgan fingerprint density at radius 2 is 1.79 bits per heavy atom. The quantitative estimate of drug-likeness (QED) is 0.911. The fourth-order valence-electron chi connectivity index (χ4n) is 1.73. The molecule has 0 aliphatic heterocycles. The summed E-state index contributed by atoms with van der Waals surface area (Å²) in [6, 6.07) is 7.12. The minimum atomic E-state index is -0.256. The molecule has 0 bridgehead atoms. The first-order valence-corrected chi connectivity index (χ1v) is 6.29. The van der Waals surface area contributed by atoms with Crippen molar-refractivity contribution in [1.29, 1.82) is 0 Å². The summed E-state index contributed by atoms with van der Waals surface area (Å²) < 4.78 is 10.2. The maximum atomic E-state index is 9.84. The Bertz CT molecular complexity index is 506. The van der Waals surface area contributed by atoms with E-state index in [1.54, 1.807) is 23.5 Å². The van der Waals surface area contributed by atoms with Gasteiger partial charge < -0.3 is 20.3 Å². The number of phenols is 1. The molecule has 0 saturated heterocycles. The van der Waals surface area contributed by atoms with Gasteiger partial charge in [0.25, 0.3) is 0 Å². The lowest BCUT2D eigenvalue weighted by atomic mass is 10.0. The molecule has 3 N–H and O–H groups in total. The van der Waals surface area contributed by atoms with Crippen LogP contribution >= 0.6 is 23.7 Å². The molecule has 2 rings (SSSR count). The van der Waals surface area contributed by atoms with Gasteiger partial charge in [0.05, 0.1) is 20.3 Å². The molecule has 19 heavy (non-hydrogen) atoms. The van der Waals surface area contributed by atoms with Gasteiger partial charge in [-0.25, -0.2) is 0 Å². The molecule has 0 fully saturated rings. The summed E-state index contributed by atoms with van der Waals surface area (Å²) >= 11 is 1.59. The molecule has 1 atom stereocenters. The normalized spacial score (nSPS) is 11.5. The van der Waals surface area contributed by atoms with Crippen LogP contribution in [0, 0.1) is 0 Å². The molecular formula is C13H16ClNO3S. The highest BCUT2D eigenvalue weighted by atomic mass is 35.5. The monoisotopic (exact) mass is 301 g/mol. The van der Waals surface area contributed by atoms with E-state index in [1.807, 2.05) is 17.5 Å². The van der Waals surface area contributed by atoms with Crippen molar-refractivity contribution >= 4 is 23.7 Å². The largest absolute Gasteiger partial charge is 0.502 e. The molecule has 0 aliphatic rings. The minimum absolute atomic E-state index is 0. The standard InChI is InChI=1S/C13H15NO3S.ClH/c1-16-9-6-8(7-10(17-2)13(9)15)12(14)11-4-3-5-18-11;/h3-7,12,15H,14H2,1-2H3;1H/t12-;/m0./s1. The third-order valence-electron chi connectivity index (χ3n) is 2.71. The molecule has 6 heteroatoms. The van der Waals surface area contributed by atoms with E-state index in [4.69, 9.17) is 15.2 Å². The number of nitrogens with two attached hydrogens (primary N) is 1. The van der Waals surface area contributed by atoms with Crippen LogP contribution in [0.25, 0.3) is 0 Å². The summed E-state index contributed by atoms with van der Waals surface area (Å²) in [4.78, 5) is 1.05. The van der Waals surface area contributed by atoms with Gasteiger partial charge in [0, 0.05) is 4.88 Å². The Hall–Kier alpha value is -1.43. The van der Waals surface area contributed by atoms with E-state index in [0.29, 0.717) is 11.5 Å². The zero-order chi connectivity index (χ0) is 13.1. The molecule has 4 nitrogen and oxygen atoms in total. The maximum absolute atomic E-state index is 9.84. The first-order valence-electron chi connectivity index (χ1n) is 5.41. The average Bonchev–Trinajstić information content (AvgIpc) is 2.92. The van der Waals surface area contributed by atoms with Crippen molar-refractivity contribution in [3.05, 3.63) is 40.1 Å². The molecule has 1 aromatic heterocycles. The fourth-order valence-corrected chi connectivity index (χ4v) is 2.48. The molecule has 0 unspecified atom stereocenters. The van der Waals surface area contributed by atoms with Crippen LogP contribution in [0.1, 0.15) is 16.5 Å². The third-order valence-corrected chi connectivity index (χ3v) is 3.67. The first kappa shape index (κ1) is 15.6. The summed E-state index contributed by atoms with van der Waals surface area (Å²) in [5.74, 6) is 0.704. The number of phenolic OH excluding ortho intramolecular Hbond substituents is 1. The van der Waals surface area contributed by atoms with Gasteiger partial charge in [-0.15, -0.1) is 23.7 Å². The number of rotatable bonds is 4. The first-order chi connectivity index (χ1) is 8.67. The Morgan fingerprint density at radius 1 is 1.21 bits per heavy atom. The third kappa shape index (κ3) is 3.12. The van der Waals surface area contributed by atoms with Gasteiger partial charge in [0.1, 0.15) is 0 Å². The Kier molecular flexibility index (Phi) is 5.47. The topological polar surface area (TPSA) is 64.7 Å². The molecule has 1 aromatic carbocycles. The van der Waals surface area contributed by atoms with Gasteiger partial charge >= 0.3 is 0 Å². The molecule has 0 spiro atoms. The van der Waals surface area contributed by atoms with Crippen LogP contribution in [-0.4, -0.2) is 19.3 Å². The van der Waals surface area contributed by atoms with Crippen LogP contribution in [0.4, 0.5) is 0 Å². The summed E-state index contributed by atoms with van der Waals surface area (Å²) in [7, 11) is 2.99. The van der Waals surface area contributed by atoms with Gasteiger partial charge in [-0.3, -0.25) is 0 Å². The van der Waals surface area contributed by atoms with Crippen LogP contribution in [0.3, 0.4) is 0 Å². The van der Waals surface area contributed by atoms with E-state index in [-0.39, 0.29) is 24.2 Å². The smallest absolute Gasteiger partial charge is 0.200 e. The average molecular weight is 302 g/mol. The minimum Gasteiger partial charge on any atom is -0.502 e. The van der Waals surface area contributed by atoms with Gasteiger partial charge in [-0.05, 0) is 29.1 Å². The van der Waals surface area contributed by atoms with Crippen molar-refractivity contribution in [2.75, 3.05) is 14.2 Å². The van der Waals surface area contributed by atoms with E-state index in [9.17, 15) is 5.11 Å². The van der Waals surface area contributed by atoms with Crippen LogP contribution in [0.2, 0.25) is 0 Å². The van der Waals surface area contributed by atoms with Crippen molar-refractivity contribution in [2.45, 2.75) is 6.04 Å². The van der Waals surface area contributed by atoms with Crippen LogP contribution in [-0.2, 0) is 0 Å². The molecule has 0 radical (unpaired) electrons. The van der Waals surface area contributed by atoms with Crippen molar-refractivity contribution in [3.63, 3.8) is 0 Å². The lowest BCUT2D eigenvalue weighted by molar-refractivity contribution is 0.339. The van der Waals surface area contributed by atoms with Crippen molar-refractivity contribution in [3.8, 4) is 17.2 Å².